The third-order valence-electron chi connectivity index (χ3n) is 6.06. The van der Waals surface area contributed by atoms with E-state index in [1.54, 1.807) is 0 Å². The van der Waals surface area contributed by atoms with Gasteiger partial charge in [0.05, 0.1) is 5.92 Å². The molecule has 2 heterocycles. The van der Waals surface area contributed by atoms with Gasteiger partial charge in [-0.1, -0.05) is 72.8 Å². The molecule has 176 valence electrons. The van der Waals surface area contributed by atoms with E-state index >= 15 is 0 Å². The number of nitrogens with zero attached hydrogens (tertiary/aromatic N) is 2. The second-order valence-electron chi connectivity index (χ2n) is 8.54. The van der Waals surface area contributed by atoms with Crippen molar-refractivity contribution >= 4 is 11.7 Å². The minimum absolute atomic E-state index is 0.291. The molecule has 0 aliphatic carbocycles. The summed E-state index contributed by atoms with van der Waals surface area (Å²) in [5, 5.41) is 9.12. The Balaban J connectivity index is 1.35. The van der Waals surface area contributed by atoms with Gasteiger partial charge in [-0.2, -0.15) is 4.98 Å². The first-order valence-electron chi connectivity index (χ1n) is 11.6. The van der Waals surface area contributed by atoms with Crippen LogP contribution in [0.3, 0.4) is 0 Å². The average Bonchev–Trinajstić information content (AvgIpc) is 2.87. The van der Waals surface area contributed by atoms with E-state index in [4.69, 9.17) is 14.6 Å². The van der Waals surface area contributed by atoms with Crippen LogP contribution in [0.4, 0.5) is 5.69 Å². The standard InChI is InChI=1S/C29H26N2O4/c32-29(33)24-17-31(18-24)25-13-11-23(12-14-25)26-15-16-27(34-19-21-7-3-1-4-8-21)30-28(26)35-20-22-9-5-2-6-10-22/h1-16,24H,17-20H2,(H,32,33). The van der Waals surface area contributed by atoms with E-state index < -0.39 is 5.97 Å². The fourth-order valence-electron chi connectivity index (χ4n) is 3.99. The highest BCUT2D eigenvalue weighted by Gasteiger charge is 2.32. The minimum atomic E-state index is -0.737. The van der Waals surface area contributed by atoms with Gasteiger partial charge in [0.2, 0.25) is 11.8 Å². The lowest BCUT2D eigenvalue weighted by Gasteiger charge is -2.38. The highest BCUT2D eigenvalue weighted by Crippen LogP contribution is 2.33. The summed E-state index contributed by atoms with van der Waals surface area (Å²) < 4.78 is 12.1. The molecule has 0 bridgehead atoms. The lowest BCUT2D eigenvalue weighted by atomic mass is 9.98. The SMILES string of the molecule is O=C(O)C1CN(c2ccc(-c3ccc(OCc4ccccc4)nc3OCc3ccccc3)cc2)C1. The number of anilines is 1. The zero-order valence-electron chi connectivity index (χ0n) is 19.2. The topological polar surface area (TPSA) is 71.9 Å². The molecule has 6 heteroatoms. The Morgan fingerprint density at radius 2 is 1.40 bits per heavy atom. The van der Waals surface area contributed by atoms with Gasteiger partial charge in [0.1, 0.15) is 13.2 Å². The highest BCUT2D eigenvalue weighted by atomic mass is 16.5. The van der Waals surface area contributed by atoms with Gasteiger partial charge >= 0.3 is 5.97 Å². The van der Waals surface area contributed by atoms with Gasteiger partial charge in [-0.15, -0.1) is 0 Å². The molecule has 35 heavy (non-hydrogen) atoms. The molecule has 0 spiro atoms. The maximum absolute atomic E-state index is 11.1. The van der Waals surface area contributed by atoms with Crippen LogP contribution in [-0.4, -0.2) is 29.1 Å². The number of benzene rings is 3. The van der Waals surface area contributed by atoms with Crippen molar-refractivity contribution in [2.75, 3.05) is 18.0 Å². The molecule has 1 saturated heterocycles. The van der Waals surface area contributed by atoms with Gasteiger partial charge in [-0.25, -0.2) is 0 Å². The summed E-state index contributed by atoms with van der Waals surface area (Å²) in [4.78, 5) is 17.8. The lowest BCUT2D eigenvalue weighted by Crippen LogP contribution is -2.50. The molecule has 1 aliphatic rings. The molecule has 6 nitrogen and oxygen atoms in total. The first kappa shape index (κ1) is 22.5. The molecule has 3 aromatic carbocycles. The second-order valence-corrected chi connectivity index (χ2v) is 8.54. The van der Waals surface area contributed by atoms with Crippen LogP contribution >= 0.6 is 0 Å². The van der Waals surface area contributed by atoms with Crippen LogP contribution in [0.25, 0.3) is 11.1 Å². The van der Waals surface area contributed by atoms with Crippen molar-refractivity contribution in [1.82, 2.24) is 4.98 Å². The van der Waals surface area contributed by atoms with Crippen LogP contribution in [0.2, 0.25) is 0 Å². The Labute approximate surface area is 204 Å². The van der Waals surface area contributed by atoms with Crippen molar-refractivity contribution < 1.29 is 19.4 Å². The molecular weight excluding hydrogens is 440 g/mol. The molecular formula is C29H26N2O4. The molecule has 0 amide bonds. The number of rotatable bonds is 9. The monoisotopic (exact) mass is 466 g/mol. The van der Waals surface area contributed by atoms with E-state index in [0.717, 1.165) is 27.9 Å². The summed E-state index contributed by atoms with van der Waals surface area (Å²) >= 11 is 0. The van der Waals surface area contributed by atoms with E-state index in [-0.39, 0.29) is 5.92 Å². The third kappa shape index (κ3) is 5.44. The number of carboxylic acids is 1. The Hall–Kier alpha value is -4.32. The fraction of sp³-hybridized carbons (Fsp3) is 0.172. The van der Waals surface area contributed by atoms with Crippen molar-refractivity contribution in [1.29, 1.82) is 0 Å². The number of ether oxygens (including phenoxy) is 2. The van der Waals surface area contributed by atoms with E-state index in [9.17, 15) is 4.79 Å². The summed E-state index contributed by atoms with van der Waals surface area (Å²) in [6.07, 6.45) is 0. The Morgan fingerprint density at radius 1 is 0.800 bits per heavy atom. The lowest BCUT2D eigenvalue weighted by molar-refractivity contribution is -0.142. The smallest absolute Gasteiger partial charge is 0.310 e. The van der Waals surface area contributed by atoms with Gasteiger partial charge in [0.15, 0.2) is 0 Å². The molecule has 0 atom stereocenters. The number of pyridine rings is 1. The molecule has 1 fully saturated rings. The van der Waals surface area contributed by atoms with Gasteiger partial charge in [-0.3, -0.25) is 4.79 Å². The second kappa shape index (κ2) is 10.3. The summed E-state index contributed by atoms with van der Waals surface area (Å²) in [6, 6.07) is 31.8. The normalized spacial score (nSPS) is 13.2. The molecule has 5 rings (SSSR count). The van der Waals surface area contributed by atoms with E-state index in [1.807, 2.05) is 97.1 Å². The highest BCUT2D eigenvalue weighted by molar-refractivity contribution is 5.75. The van der Waals surface area contributed by atoms with Crippen LogP contribution in [0, 0.1) is 5.92 Å². The van der Waals surface area contributed by atoms with E-state index in [2.05, 4.69) is 9.88 Å². The predicted molar refractivity (Wildman–Crippen MR) is 135 cm³/mol. The number of aromatic nitrogens is 1. The van der Waals surface area contributed by atoms with E-state index in [1.165, 1.54) is 0 Å². The van der Waals surface area contributed by atoms with Gasteiger partial charge in [0, 0.05) is 30.4 Å². The predicted octanol–water partition coefficient (Wildman–Crippen LogP) is 5.43. The van der Waals surface area contributed by atoms with Crippen LogP contribution in [0.1, 0.15) is 11.1 Å². The first-order chi connectivity index (χ1) is 17.2. The van der Waals surface area contributed by atoms with Crippen molar-refractivity contribution in [3.05, 3.63) is 108 Å². The molecule has 0 saturated carbocycles. The minimum Gasteiger partial charge on any atom is -0.481 e. The van der Waals surface area contributed by atoms with Crippen molar-refractivity contribution in [2.45, 2.75) is 13.2 Å². The Morgan fingerprint density at radius 3 is 2.00 bits per heavy atom. The quantitative estimate of drug-likeness (QED) is 0.355. The molecule has 0 unspecified atom stereocenters. The van der Waals surface area contributed by atoms with Crippen molar-refractivity contribution in [3.8, 4) is 22.9 Å². The van der Waals surface area contributed by atoms with Crippen LogP contribution in [-0.2, 0) is 18.0 Å². The molecule has 4 aromatic rings. The molecule has 0 radical (unpaired) electrons. The number of aliphatic carboxylic acids is 1. The molecule has 1 aliphatic heterocycles. The third-order valence-corrected chi connectivity index (χ3v) is 6.06. The molecule has 1 aromatic heterocycles. The number of hydrogen-bond donors (Lipinski definition) is 1. The van der Waals surface area contributed by atoms with Gasteiger partial charge in [0.25, 0.3) is 0 Å². The van der Waals surface area contributed by atoms with Crippen LogP contribution in [0.5, 0.6) is 11.8 Å². The maximum atomic E-state index is 11.1. The number of hydrogen-bond acceptors (Lipinski definition) is 5. The summed E-state index contributed by atoms with van der Waals surface area (Å²) in [5.41, 5.74) is 4.96. The number of carbonyl (C=O) groups is 1. The van der Waals surface area contributed by atoms with Crippen LogP contribution in [0.15, 0.2) is 97.1 Å². The van der Waals surface area contributed by atoms with Crippen molar-refractivity contribution in [3.63, 3.8) is 0 Å². The summed E-state index contributed by atoms with van der Waals surface area (Å²) in [6.45, 7) is 1.89. The van der Waals surface area contributed by atoms with Gasteiger partial charge < -0.3 is 19.5 Å². The first-order valence-corrected chi connectivity index (χ1v) is 11.6. The zero-order chi connectivity index (χ0) is 24.0. The van der Waals surface area contributed by atoms with Crippen molar-refractivity contribution in [2.24, 2.45) is 5.92 Å². The van der Waals surface area contributed by atoms with Crippen LogP contribution < -0.4 is 14.4 Å². The Kier molecular flexibility index (Phi) is 6.61. The van der Waals surface area contributed by atoms with E-state index in [0.29, 0.717) is 38.1 Å². The zero-order valence-corrected chi connectivity index (χ0v) is 19.2. The van der Waals surface area contributed by atoms with Gasteiger partial charge in [-0.05, 0) is 34.9 Å². The summed E-state index contributed by atoms with van der Waals surface area (Å²) in [5.74, 6) is -0.0290. The molecule has 1 N–H and O–H groups in total. The Bertz CT molecular complexity index is 1270. The summed E-state index contributed by atoms with van der Waals surface area (Å²) in [7, 11) is 0. The fourth-order valence-corrected chi connectivity index (χ4v) is 3.99. The largest absolute Gasteiger partial charge is 0.481 e. The number of carboxylic acid groups (broad SMARTS) is 1. The maximum Gasteiger partial charge on any atom is 0.310 e. The average molecular weight is 467 g/mol.